The lowest BCUT2D eigenvalue weighted by atomic mass is 9.93. The molecule has 4 nitrogen and oxygen atoms in total. The first-order chi connectivity index (χ1) is 11.1. The first-order valence-corrected chi connectivity index (χ1v) is 9.42. The quantitative estimate of drug-likeness (QED) is 0.819. The van der Waals surface area contributed by atoms with Crippen LogP contribution in [0, 0.1) is 24.7 Å². The van der Waals surface area contributed by atoms with Crippen molar-refractivity contribution in [2.45, 2.75) is 57.9 Å². The van der Waals surface area contributed by atoms with Crippen molar-refractivity contribution >= 4 is 17.5 Å². The fourth-order valence-corrected chi connectivity index (χ4v) is 4.78. The normalized spacial score (nSPS) is 24.7. The molecular weight excluding hydrogens is 310 g/mol. The molecule has 0 aromatic carbocycles. The first kappa shape index (κ1) is 15.5. The number of carbonyl (C=O) groups excluding carboxylic acids is 1. The van der Waals surface area contributed by atoms with Gasteiger partial charge in [0.25, 0.3) is 0 Å². The van der Waals surface area contributed by atoms with Crippen LogP contribution in [-0.2, 0) is 11.8 Å². The summed E-state index contributed by atoms with van der Waals surface area (Å²) in [5, 5.41) is 5.12. The Kier molecular flexibility index (Phi) is 3.91. The molecule has 1 saturated heterocycles. The molecule has 2 aliphatic carbocycles. The van der Waals surface area contributed by atoms with E-state index >= 15 is 0 Å². The van der Waals surface area contributed by atoms with Gasteiger partial charge in [0, 0.05) is 25.6 Å². The minimum Gasteiger partial charge on any atom is -0.335 e. The minimum absolute atomic E-state index is 0.128. The third-order valence-electron chi connectivity index (χ3n) is 5.97. The van der Waals surface area contributed by atoms with Crippen molar-refractivity contribution in [1.29, 1.82) is 0 Å². The molecule has 0 bridgehead atoms. The molecule has 23 heavy (non-hydrogen) atoms. The number of rotatable bonds is 5. The monoisotopic (exact) mass is 335 g/mol. The number of amides is 1. The van der Waals surface area contributed by atoms with Crippen molar-refractivity contribution in [3.8, 4) is 0 Å². The molecule has 5 heteroatoms. The number of hydrogen-bond donors (Lipinski definition) is 0. The summed E-state index contributed by atoms with van der Waals surface area (Å²) in [7, 11) is 1.87. The highest BCUT2D eigenvalue weighted by Crippen LogP contribution is 2.51. The van der Waals surface area contributed by atoms with E-state index in [1.54, 1.807) is 4.68 Å². The number of likely N-dealkylation sites (tertiary alicyclic amines) is 1. The van der Waals surface area contributed by atoms with Gasteiger partial charge in [0.1, 0.15) is 5.15 Å². The lowest BCUT2D eigenvalue weighted by Crippen LogP contribution is -2.33. The molecule has 0 spiro atoms. The largest absolute Gasteiger partial charge is 0.335 e. The molecule has 1 atom stereocenters. The van der Waals surface area contributed by atoms with E-state index in [0.29, 0.717) is 17.0 Å². The van der Waals surface area contributed by atoms with Crippen LogP contribution in [0.1, 0.15) is 62.2 Å². The van der Waals surface area contributed by atoms with Gasteiger partial charge in [-0.3, -0.25) is 9.48 Å². The molecule has 3 aliphatic rings. The van der Waals surface area contributed by atoms with Gasteiger partial charge in [0.05, 0.1) is 11.7 Å². The Morgan fingerprint density at radius 2 is 1.91 bits per heavy atom. The zero-order chi connectivity index (χ0) is 16.1. The van der Waals surface area contributed by atoms with Crippen LogP contribution in [0.25, 0.3) is 0 Å². The van der Waals surface area contributed by atoms with Crippen LogP contribution >= 0.6 is 11.6 Å². The van der Waals surface area contributed by atoms with E-state index in [0.717, 1.165) is 48.9 Å². The van der Waals surface area contributed by atoms with Crippen LogP contribution < -0.4 is 0 Å². The van der Waals surface area contributed by atoms with Crippen molar-refractivity contribution in [3.63, 3.8) is 0 Å². The lowest BCUT2D eigenvalue weighted by Gasteiger charge is -2.27. The van der Waals surface area contributed by atoms with E-state index in [1.807, 2.05) is 14.0 Å². The molecule has 4 rings (SSSR count). The van der Waals surface area contributed by atoms with E-state index in [-0.39, 0.29) is 6.04 Å². The van der Waals surface area contributed by atoms with E-state index in [2.05, 4.69) is 10.00 Å². The second-order valence-electron chi connectivity index (χ2n) is 7.70. The molecule has 1 aromatic rings. The highest BCUT2D eigenvalue weighted by molar-refractivity contribution is 6.30. The fourth-order valence-electron chi connectivity index (χ4n) is 4.48. The average molecular weight is 336 g/mol. The summed E-state index contributed by atoms with van der Waals surface area (Å²) in [6.45, 7) is 2.87. The van der Waals surface area contributed by atoms with E-state index in [1.165, 1.54) is 25.7 Å². The van der Waals surface area contributed by atoms with Gasteiger partial charge in [-0.05, 0) is 63.2 Å². The molecule has 2 saturated carbocycles. The number of nitrogens with zero attached hydrogens (tertiary/aromatic N) is 3. The molecule has 3 fully saturated rings. The van der Waals surface area contributed by atoms with Crippen LogP contribution in [0.5, 0.6) is 0 Å². The summed E-state index contributed by atoms with van der Waals surface area (Å²) >= 11 is 6.45. The summed E-state index contributed by atoms with van der Waals surface area (Å²) in [6, 6.07) is 0.128. The summed E-state index contributed by atoms with van der Waals surface area (Å²) in [6.07, 6.45) is 8.19. The maximum Gasteiger partial charge on any atom is 0.223 e. The number of hydrogen-bond acceptors (Lipinski definition) is 2. The molecule has 126 valence electrons. The van der Waals surface area contributed by atoms with Crippen molar-refractivity contribution in [1.82, 2.24) is 14.7 Å². The van der Waals surface area contributed by atoms with Crippen LogP contribution in [0.2, 0.25) is 5.15 Å². The van der Waals surface area contributed by atoms with E-state index in [4.69, 9.17) is 11.6 Å². The van der Waals surface area contributed by atoms with Gasteiger partial charge in [-0.25, -0.2) is 0 Å². The summed E-state index contributed by atoms with van der Waals surface area (Å²) in [5.41, 5.74) is 2.03. The molecule has 0 radical (unpaired) electrons. The summed E-state index contributed by atoms with van der Waals surface area (Å²) < 4.78 is 1.73. The summed E-state index contributed by atoms with van der Waals surface area (Å²) in [4.78, 5) is 15.1. The van der Waals surface area contributed by atoms with Gasteiger partial charge in [-0.2, -0.15) is 5.10 Å². The second kappa shape index (κ2) is 5.80. The van der Waals surface area contributed by atoms with Crippen molar-refractivity contribution in [2.24, 2.45) is 24.8 Å². The highest BCUT2D eigenvalue weighted by atomic mass is 35.5. The number of carbonyl (C=O) groups is 1. The van der Waals surface area contributed by atoms with E-state index in [9.17, 15) is 4.79 Å². The highest BCUT2D eigenvalue weighted by Gasteiger charge is 2.44. The van der Waals surface area contributed by atoms with Crippen LogP contribution in [-0.4, -0.2) is 27.1 Å². The third-order valence-corrected chi connectivity index (χ3v) is 6.42. The van der Waals surface area contributed by atoms with Crippen LogP contribution in [0.15, 0.2) is 0 Å². The Morgan fingerprint density at radius 1 is 1.26 bits per heavy atom. The zero-order valence-electron chi connectivity index (χ0n) is 14.1. The predicted octanol–water partition coefficient (Wildman–Crippen LogP) is 3.87. The zero-order valence-corrected chi connectivity index (χ0v) is 14.9. The Balaban J connectivity index is 1.51. The maximum absolute atomic E-state index is 13.0. The summed E-state index contributed by atoms with van der Waals surface area (Å²) in [5.74, 6) is 2.65. The fraction of sp³-hybridized carbons (Fsp3) is 0.778. The molecule has 1 amide bonds. The lowest BCUT2D eigenvalue weighted by molar-refractivity contribution is -0.133. The standard InChI is InChI=1S/C18H26ClN3O/c1-11-17(18(19)21(2)20-11)15-4-3-9-22(15)16(23)10-14(12-5-6-12)13-7-8-13/h12-15H,3-10H2,1-2H3/t15-/m0/s1. The maximum atomic E-state index is 13.0. The number of aryl methyl sites for hydroxylation is 2. The molecule has 2 heterocycles. The third kappa shape index (κ3) is 2.90. The molecule has 0 N–H and O–H groups in total. The molecular formula is C18H26ClN3O. The minimum atomic E-state index is 0.128. The van der Waals surface area contributed by atoms with E-state index < -0.39 is 0 Å². The van der Waals surface area contributed by atoms with Gasteiger partial charge < -0.3 is 4.90 Å². The van der Waals surface area contributed by atoms with Gasteiger partial charge in [-0.1, -0.05) is 11.6 Å². The molecule has 1 aliphatic heterocycles. The second-order valence-corrected chi connectivity index (χ2v) is 8.06. The first-order valence-electron chi connectivity index (χ1n) is 9.04. The molecule has 1 aromatic heterocycles. The smallest absolute Gasteiger partial charge is 0.223 e. The van der Waals surface area contributed by atoms with Gasteiger partial charge >= 0.3 is 0 Å². The number of aromatic nitrogens is 2. The Bertz CT molecular complexity index is 606. The predicted molar refractivity (Wildman–Crippen MR) is 90.2 cm³/mol. The Morgan fingerprint density at radius 3 is 2.43 bits per heavy atom. The Hall–Kier alpha value is -1.03. The van der Waals surface area contributed by atoms with Crippen molar-refractivity contribution < 1.29 is 4.79 Å². The topological polar surface area (TPSA) is 38.1 Å². The van der Waals surface area contributed by atoms with Crippen molar-refractivity contribution in [3.05, 3.63) is 16.4 Å². The van der Waals surface area contributed by atoms with Gasteiger partial charge in [0.2, 0.25) is 5.91 Å². The van der Waals surface area contributed by atoms with Crippen LogP contribution in [0.4, 0.5) is 0 Å². The van der Waals surface area contributed by atoms with Crippen molar-refractivity contribution in [2.75, 3.05) is 6.54 Å². The number of halogens is 1. The van der Waals surface area contributed by atoms with Gasteiger partial charge in [0.15, 0.2) is 0 Å². The Labute approximate surface area is 143 Å². The van der Waals surface area contributed by atoms with Crippen LogP contribution in [0.3, 0.4) is 0 Å². The SMILES string of the molecule is Cc1nn(C)c(Cl)c1[C@@H]1CCCN1C(=O)CC(C1CC1)C1CC1. The van der Waals surface area contributed by atoms with Gasteiger partial charge in [-0.15, -0.1) is 0 Å². The average Bonchev–Trinajstić information content (AvgIpc) is 3.42. The molecule has 0 unspecified atom stereocenters.